The van der Waals surface area contributed by atoms with Crippen molar-refractivity contribution in [1.29, 1.82) is 0 Å². The number of rotatable bonds is 2. The van der Waals surface area contributed by atoms with E-state index in [9.17, 15) is 14.0 Å². The van der Waals surface area contributed by atoms with Crippen LogP contribution in [0.5, 0.6) is 0 Å². The van der Waals surface area contributed by atoms with Crippen molar-refractivity contribution in [2.24, 2.45) is 0 Å². The molecule has 0 aliphatic rings. The third kappa shape index (κ3) is 2.39. The Bertz CT molecular complexity index is 607. The van der Waals surface area contributed by atoms with Gasteiger partial charge in [0.15, 0.2) is 0 Å². The van der Waals surface area contributed by atoms with E-state index in [1.165, 1.54) is 36.5 Å². The van der Waals surface area contributed by atoms with Gasteiger partial charge in [-0.2, -0.15) is 0 Å². The SMILES string of the molecule is O=C(Nc1ccccc1F)c1ccc[nH]c1=O. The molecule has 0 unspecified atom stereocenters. The van der Waals surface area contributed by atoms with Crippen LogP contribution >= 0.6 is 0 Å². The zero-order valence-electron chi connectivity index (χ0n) is 8.74. The highest BCUT2D eigenvalue weighted by atomic mass is 19.1. The van der Waals surface area contributed by atoms with Gasteiger partial charge in [0.25, 0.3) is 11.5 Å². The number of hydrogen-bond donors (Lipinski definition) is 2. The Morgan fingerprint density at radius 2 is 1.94 bits per heavy atom. The summed E-state index contributed by atoms with van der Waals surface area (Å²) < 4.78 is 13.3. The lowest BCUT2D eigenvalue weighted by Crippen LogP contribution is -2.22. The molecule has 1 aromatic heterocycles. The molecule has 2 aromatic rings. The molecule has 0 spiro atoms. The van der Waals surface area contributed by atoms with Crippen molar-refractivity contribution < 1.29 is 9.18 Å². The number of hydrogen-bond acceptors (Lipinski definition) is 2. The van der Waals surface area contributed by atoms with Crippen LogP contribution in [0.2, 0.25) is 0 Å². The molecule has 2 rings (SSSR count). The van der Waals surface area contributed by atoms with Gasteiger partial charge in [0, 0.05) is 6.20 Å². The van der Waals surface area contributed by atoms with E-state index < -0.39 is 17.3 Å². The summed E-state index contributed by atoms with van der Waals surface area (Å²) >= 11 is 0. The van der Waals surface area contributed by atoms with Crippen LogP contribution in [0, 0.1) is 5.82 Å². The van der Waals surface area contributed by atoms with E-state index in [2.05, 4.69) is 10.3 Å². The topological polar surface area (TPSA) is 62.0 Å². The fourth-order valence-corrected chi connectivity index (χ4v) is 1.35. The average molecular weight is 232 g/mol. The summed E-state index contributed by atoms with van der Waals surface area (Å²) in [6.45, 7) is 0. The third-order valence-corrected chi connectivity index (χ3v) is 2.18. The number of aromatic nitrogens is 1. The van der Waals surface area contributed by atoms with Crippen molar-refractivity contribution >= 4 is 11.6 Å². The highest BCUT2D eigenvalue weighted by molar-refractivity contribution is 6.03. The number of aromatic amines is 1. The molecule has 0 aliphatic carbocycles. The first-order chi connectivity index (χ1) is 8.18. The molecule has 0 fully saturated rings. The second kappa shape index (κ2) is 4.61. The Hall–Kier alpha value is -2.43. The second-order valence-electron chi connectivity index (χ2n) is 3.35. The number of pyridine rings is 1. The number of amides is 1. The van der Waals surface area contributed by atoms with Crippen molar-refractivity contribution in [3.63, 3.8) is 0 Å². The minimum Gasteiger partial charge on any atom is -0.328 e. The maximum atomic E-state index is 13.3. The van der Waals surface area contributed by atoms with Gasteiger partial charge in [-0.3, -0.25) is 9.59 Å². The Kier molecular flexibility index (Phi) is 3.00. The first-order valence-electron chi connectivity index (χ1n) is 4.92. The van der Waals surface area contributed by atoms with Crippen molar-refractivity contribution in [3.8, 4) is 0 Å². The zero-order chi connectivity index (χ0) is 12.3. The highest BCUT2D eigenvalue weighted by Gasteiger charge is 2.11. The van der Waals surface area contributed by atoms with Crippen LogP contribution < -0.4 is 10.9 Å². The lowest BCUT2D eigenvalue weighted by Gasteiger charge is -2.04. The minimum atomic E-state index is -0.642. The number of carbonyl (C=O) groups excluding carboxylic acids is 1. The first-order valence-corrected chi connectivity index (χ1v) is 4.92. The predicted octanol–water partition coefficient (Wildman–Crippen LogP) is 1.77. The second-order valence-corrected chi connectivity index (χ2v) is 3.35. The van der Waals surface area contributed by atoms with Gasteiger partial charge in [-0.1, -0.05) is 12.1 Å². The summed E-state index contributed by atoms with van der Waals surface area (Å²) in [5, 5.41) is 2.33. The summed E-state index contributed by atoms with van der Waals surface area (Å²) in [5.74, 6) is -1.19. The molecule has 0 atom stereocenters. The Morgan fingerprint density at radius 3 is 2.65 bits per heavy atom. The van der Waals surface area contributed by atoms with Crippen molar-refractivity contribution in [2.45, 2.75) is 0 Å². The summed E-state index contributed by atoms with van der Waals surface area (Å²) in [4.78, 5) is 25.4. The van der Waals surface area contributed by atoms with Crippen LogP contribution in [0.3, 0.4) is 0 Å². The van der Waals surface area contributed by atoms with Gasteiger partial charge in [0.2, 0.25) is 0 Å². The van der Waals surface area contributed by atoms with Gasteiger partial charge >= 0.3 is 0 Å². The molecule has 5 heteroatoms. The number of para-hydroxylation sites is 1. The van der Waals surface area contributed by atoms with E-state index in [-0.39, 0.29) is 11.3 Å². The van der Waals surface area contributed by atoms with E-state index in [0.717, 1.165) is 0 Å². The average Bonchev–Trinajstić information content (AvgIpc) is 2.32. The number of benzene rings is 1. The largest absolute Gasteiger partial charge is 0.328 e. The highest BCUT2D eigenvalue weighted by Crippen LogP contribution is 2.12. The third-order valence-electron chi connectivity index (χ3n) is 2.18. The van der Waals surface area contributed by atoms with Crippen molar-refractivity contribution in [1.82, 2.24) is 4.98 Å². The number of halogens is 1. The first kappa shape index (κ1) is 11.1. The molecule has 1 amide bonds. The fourth-order valence-electron chi connectivity index (χ4n) is 1.35. The molecule has 0 saturated carbocycles. The summed E-state index contributed by atoms with van der Waals surface area (Å²) in [5.41, 5.74) is -0.530. The van der Waals surface area contributed by atoms with Gasteiger partial charge < -0.3 is 10.3 Å². The van der Waals surface area contributed by atoms with Crippen LogP contribution in [0.25, 0.3) is 0 Å². The van der Waals surface area contributed by atoms with Crippen molar-refractivity contribution in [3.05, 3.63) is 64.3 Å². The maximum absolute atomic E-state index is 13.3. The van der Waals surface area contributed by atoms with Crippen LogP contribution in [0.15, 0.2) is 47.4 Å². The van der Waals surface area contributed by atoms with Crippen molar-refractivity contribution in [2.75, 3.05) is 5.32 Å². The molecular formula is C12H9FN2O2. The summed E-state index contributed by atoms with van der Waals surface area (Å²) in [6, 6.07) is 8.65. The Labute approximate surface area is 96.1 Å². The number of H-pyrrole nitrogens is 1. The van der Waals surface area contributed by atoms with Gasteiger partial charge in [0.1, 0.15) is 11.4 Å². The monoisotopic (exact) mass is 232 g/mol. The molecule has 1 heterocycles. The molecule has 17 heavy (non-hydrogen) atoms. The smallest absolute Gasteiger partial charge is 0.261 e. The van der Waals surface area contributed by atoms with Crippen LogP contribution in [-0.4, -0.2) is 10.9 Å². The molecule has 0 bridgehead atoms. The summed E-state index contributed by atoms with van der Waals surface area (Å²) in [6.07, 6.45) is 1.42. The molecular weight excluding hydrogens is 223 g/mol. The molecule has 0 radical (unpaired) electrons. The van der Waals surface area contributed by atoms with Gasteiger partial charge in [-0.25, -0.2) is 4.39 Å². The molecule has 0 saturated heterocycles. The lowest BCUT2D eigenvalue weighted by atomic mass is 10.2. The molecule has 2 N–H and O–H groups in total. The Morgan fingerprint density at radius 1 is 1.18 bits per heavy atom. The maximum Gasteiger partial charge on any atom is 0.261 e. The minimum absolute atomic E-state index is 0.0424. The molecule has 0 aliphatic heterocycles. The van der Waals surface area contributed by atoms with Gasteiger partial charge in [-0.05, 0) is 24.3 Å². The van der Waals surface area contributed by atoms with Crippen LogP contribution in [0.4, 0.5) is 10.1 Å². The van der Waals surface area contributed by atoms with E-state index >= 15 is 0 Å². The fraction of sp³-hybridized carbons (Fsp3) is 0. The van der Waals surface area contributed by atoms with E-state index in [1.54, 1.807) is 6.07 Å². The van der Waals surface area contributed by atoms with Crippen LogP contribution in [0.1, 0.15) is 10.4 Å². The predicted molar refractivity (Wildman–Crippen MR) is 61.4 cm³/mol. The summed E-state index contributed by atoms with van der Waals surface area (Å²) in [7, 11) is 0. The molecule has 86 valence electrons. The van der Waals surface area contributed by atoms with Gasteiger partial charge in [-0.15, -0.1) is 0 Å². The quantitative estimate of drug-likeness (QED) is 0.828. The zero-order valence-corrected chi connectivity index (χ0v) is 8.74. The van der Waals surface area contributed by atoms with Gasteiger partial charge in [0.05, 0.1) is 5.69 Å². The number of carbonyl (C=O) groups is 1. The standard InChI is InChI=1S/C12H9FN2O2/c13-9-5-1-2-6-10(9)15-12(17)8-4-3-7-14-11(8)16/h1-7H,(H,14,16)(H,15,17). The van der Waals surface area contributed by atoms with E-state index in [0.29, 0.717) is 0 Å². The molecule has 4 nitrogen and oxygen atoms in total. The normalized spacial score (nSPS) is 9.94. The van der Waals surface area contributed by atoms with E-state index in [4.69, 9.17) is 0 Å². The Balaban J connectivity index is 2.27. The lowest BCUT2D eigenvalue weighted by molar-refractivity contribution is 0.102. The number of anilines is 1. The van der Waals surface area contributed by atoms with Crippen LogP contribution in [-0.2, 0) is 0 Å². The number of nitrogens with one attached hydrogen (secondary N) is 2. The molecule has 1 aromatic carbocycles. The van der Waals surface area contributed by atoms with E-state index in [1.807, 2.05) is 0 Å².